The minimum atomic E-state index is -0.00120. The summed E-state index contributed by atoms with van der Waals surface area (Å²) in [5.74, 6) is 0.333. The number of hydrogen-bond acceptors (Lipinski definition) is 3. The van der Waals surface area contributed by atoms with E-state index in [9.17, 15) is 4.79 Å². The van der Waals surface area contributed by atoms with Crippen molar-refractivity contribution >= 4 is 16.9 Å². The van der Waals surface area contributed by atoms with E-state index in [0.717, 1.165) is 11.0 Å². The first-order valence-electron chi connectivity index (χ1n) is 5.02. The van der Waals surface area contributed by atoms with Gasteiger partial charge in [0.15, 0.2) is 0 Å². The first-order chi connectivity index (χ1) is 7.18. The van der Waals surface area contributed by atoms with E-state index < -0.39 is 0 Å². The summed E-state index contributed by atoms with van der Waals surface area (Å²) in [5.41, 5.74) is 1.54. The molecule has 0 bridgehead atoms. The van der Waals surface area contributed by atoms with Gasteiger partial charge in [-0.05, 0) is 18.1 Å². The smallest absolute Gasteiger partial charge is 0.249 e. The van der Waals surface area contributed by atoms with Crippen molar-refractivity contribution in [2.24, 2.45) is 5.92 Å². The summed E-state index contributed by atoms with van der Waals surface area (Å²) in [4.78, 5) is 11.8. The van der Waals surface area contributed by atoms with Crippen LogP contribution in [0.3, 0.4) is 0 Å². The topological polar surface area (TPSA) is 47.8 Å². The summed E-state index contributed by atoms with van der Waals surface area (Å²) in [6, 6.07) is 7.47. The molecular weight excluding hydrogens is 190 g/mol. The zero-order valence-corrected chi connectivity index (χ0v) is 8.84. The molecule has 0 aliphatic carbocycles. The second kappa shape index (κ2) is 3.81. The van der Waals surface area contributed by atoms with Crippen LogP contribution >= 0.6 is 0 Å². The minimum Gasteiger partial charge on any atom is -0.272 e. The van der Waals surface area contributed by atoms with Crippen LogP contribution in [0.1, 0.15) is 25.1 Å². The summed E-state index contributed by atoms with van der Waals surface area (Å²) >= 11 is 0. The second-order valence-corrected chi connectivity index (χ2v) is 3.98. The molecule has 2 rings (SSSR count). The predicted molar refractivity (Wildman–Crippen MR) is 57.6 cm³/mol. The molecular formula is C11H13N3O. The number of hydrogen-bond donors (Lipinski definition) is 0. The molecule has 0 aliphatic heterocycles. The Balaban J connectivity index is 2.40. The van der Waals surface area contributed by atoms with Gasteiger partial charge >= 0.3 is 0 Å². The Kier molecular flexibility index (Phi) is 2.49. The van der Waals surface area contributed by atoms with Crippen molar-refractivity contribution in [2.75, 3.05) is 0 Å². The molecule has 0 atom stereocenters. The molecule has 1 aromatic carbocycles. The molecule has 15 heavy (non-hydrogen) atoms. The van der Waals surface area contributed by atoms with E-state index in [-0.39, 0.29) is 5.91 Å². The van der Waals surface area contributed by atoms with Gasteiger partial charge in [-0.3, -0.25) is 4.79 Å². The van der Waals surface area contributed by atoms with Gasteiger partial charge in [-0.25, -0.2) is 0 Å². The fourth-order valence-electron chi connectivity index (χ4n) is 1.49. The summed E-state index contributed by atoms with van der Waals surface area (Å²) in [6.07, 6.45) is 0.493. The maximum absolute atomic E-state index is 11.8. The van der Waals surface area contributed by atoms with Crippen LogP contribution in [0.4, 0.5) is 0 Å². The Morgan fingerprint density at radius 1 is 1.40 bits per heavy atom. The van der Waals surface area contributed by atoms with E-state index >= 15 is 0 Å². The maximum Gasteiger partial charge on any atom is 0.249 e. The quantitative estimate of drug-likeness (QED) is 0.751. The number of para-hydroxylation sites is 1. The minimum absolute atomic E-state index is 0.00120. The Morgan fingerprint density at radius 3 is 2.87 bits per heavy atom. The van der Waals surface area contributed by atoms with Crippen LogP contribution < -0.4 is 0 Å². The molecule has 0 fully saturated rings. The number of aromatic nitrogens is 3. The SMILES string of the molecule is CC(C)CC(=O)n1nnc2ccccc21. The number of benzene rings is 1. The summed E-state index contributed by atoms with van der Waals surface area (Å²) < 4.78 is 1.38. The van der Waals surface area contributed by atoms with Gasteiger partial charge in [0.2, 0.25) is 5.91 Å². The standard InChI is InChI=1S/C11H13N3O/c1-8(2)7-11(15)14-10-6-4-3-5-9(10)12-13-14/h3-6,8H,7H2,1-2H3. The number of carbonyl (C=O) groups excluding carboxylic acids is 1. The maximum atomic E-state index is 11.8. The molecule has 1 heterocycles. The number of nitrogens with zero attached hydrogens (tertiary/aromatic N) is 3. The first kappa shape index (κ1) is 9.83. The van der Waals surface area contributed by atoms with Gasteiger partial charge in [-0.15, -0.1) is 5.10 Å². The van der Waals surface area contributed by atoms with Crippen molar-refractivity contribution in [3.05, 3.63) is 24.3 Å². The summed E-state index contributed by atoms with van der Waals surface area (Å²) in [5, 5.41) is 7.80. The van der Waals surface area contributed by atoms with Gasteiger partial charge in [0.05, 0.1) is 5.52 Å². The molecule has 0 radical (unpaired) electrons. The van der Waals surface area contributed by atoms with E-state index in [0.29, 0.717) is 12.3 Å². The van der Waals surface area contributed by atoms with Gasteiger partial charge in [0.25, 0.3) is 0 Å². The third kappa shape index (κ3) is 1.88. The van der Waals surface area contributed by atoms with Crippen molar-refractivity contribution in [1.82, 2.24) is 15.0 Å². The van der Waals surface area contributed by atoms with Gasteiger partial charge in [0, 0.05) is 6.42 Å². The lowest BCUT2D eigenvalue weighted by Crippen LogP contribution is -2.14. The molecule has 0 saturated heterocycles. The van der Waals surface area contributed by atoms with Crippen LogP contribution in [0.2, 0.25) is 0 Å². The Bertz CT molecular complexity index is 487. The van der Waals surface area contributed by atoms with Crippen molar-refractivity contribution < 1.29 is 4.79 Å². The molecule has 4 nitrogen and oxygen atoms in total. The monoisotopic (exact) mass is 203 g/mol. The molecule has 1 aromatic heterocycles. The van der Waals surface area contributed by atoms with Gasteiger partial charge < -0.3 is 0 Å². The third-order valence-corrected chi connectivity index (χ3v) is 2.17. The highest BCUT2D eigenvalue weighted by atomic mass is 16.2. The molecule has 2 aromatic rings. The van der Waals surface area contributed by atoms with Crippen LogP contribution in [0.25, 0.3) is 11.0 Å². The summed E-state index contributed by atoms with van der Waals surface area (Å²) in [7, 11) is 0. The van der Waals surface area contributed by atoms with E-state index in [4.69, 9.17) is 0 Å². The fourth-order valence-corrected chi connectivity index (χ4v) is 1.49. The van der Waals surface area contributed by atoms with Crippen LogP contribution in [-0.2, 0) is 0 Å². The summed E-state index contributed by atoms with van der Waals surface area (Å²) in [6.45, 7) is 4.02. The molecule has 0 spiro atoms. The number of fused-ring (bicyclic) bond motifs is 1. The average molecular weight is 203 g/mol. The largest absolute Gasteiger partial charge is 0.272 e. The molecule has 78 valence electrons. The molecule has 4 heteroatoms. The zero-order chi connectivity index (χ0) is 10.8. The highest BCUT2D eigenvalue weighted by molar-refractivity contribution is 5.88. The number of rotatable bonds is 2. The van der Waals surface area contributed by atoms with Crippen LogP contribution in [0.5, 0.6) is 0 Å². The Labute approximate surface area is 87.9 Å². The molecule has 0 unspecified atom stereocenters. The lowest BCUT2D eigenvalue weighted by atomic mass is 10.1. The van der Waals surface area contributed by atoms with Crippen LogP contribution in [0, 0.1) is 5.92 Å². The van der Waals surface area contributed by atoms with Crippen LogP contribution in [0.15, 0.2) is 24.3 Å². The highest BCUT2D eigenvalue weighted by Crippen LogP contribution is 2.11. The second-order valence-electron chi connectivity index (χ2n) is 3.98. The fraction of sp³-hybridized carbons (Fsp3) is 0.364. The number of carbonyl (C=O) groups is 1. The third-order valence-electron chi connectivity index (χ3n) is 2.17. The Hall–Kier alpha value is -1.71. The molecule has 0 N–H and O–H groups in total. The lowest BCUT2D eigenvalue weighted by molar-refractivity contribution is 0.0874. The molecule has 0 amide bonds. The normalized spacial score (nSPS) is 11.1. The van der Waals surface area contributed by atoms with E-state index in [2.05, 4.69) is 10.3 Å². The van der Waals surface area contributed by atoms with Crippen molar-refractivity contribution in [3.8, 4) is 0 Å². The van der Waals surface area contributed by atoms with Gasteiger partial charge in [0.1, 0.15) is 5.52 Å². The zero-order valence-electron chi connectivity index (χ0n) is 8.84. The van der Waals surface area contributed by atoms with Gasteiger partial charge in [-0.1, -0.05) is 31.2 Å². The van der Waals surface area contributed by atoms with Crippen molar-refractivity contribution in [1.29, 1.82) is 0 Å². The highest BCUT2D eigenvalue weighted by Gasteiger charge is 2.12. The van der Waals surface area contributed by atoms with E-state index in [1.165, 1.54) is 4.68 Å². The predicted octanol–water partition coefficient (Wildman–Crippen LogP) is 2.12. The van der Waals surface area contributed by atoms with E-state index in [1.807, 2.05) is 38.1 Å². The van der Waals surface area contributed by atoms with E-state index in [1.54, 1.807) is 0 Å². The van der Waals surface area contributed by atoms with Crippen molar-refractivity contribution in [2.45, 2.75) is 20.3 Å². The first-order valence-corrected chi connectivity index (χ1v) is 5.02. The Morgan fingerprint density at radius 2 is 2.13 bits per heavy atom. The molecule has 0 aliphatic rings. The lowest BCUT2D eigenvalue weighted by Gasteiger charge is -2.03. The average Bonchev–Trinajstić information content (AvgIpc) is 2.59. The van der Waals surface area contributed by atoms with Gasteiger partial charge in [-0.2, -0.15) is 4.68 Å². The van der Waals surface area contributed by atoms with Crippen molar-refractivity contribution in [3.63, 3.8) is 0 Å². The molecule has 0 saturated carbocycles. The van der Waals surface area contributed by atoms with Crippen LogP contribution in [-0.4, -0.2) is 20.9 Å².